The van der Waals surface area contributed by atoms with Gasteiger partial charge in [-0.05, 0) is 18.2 Å². The monoisotopic (exact) mass is 268 g/mol. The predicted molar refractivity (Wildman–Crippen MR) is 67.0 cm³/mol. The normalized spacial score (nSPS) is 10.2. The van der Waals surface area contributed by atoms with E-state index in [1.807, 2.05) is 24.3 Å². The molecule has 2 rings (SSSR count). The number of nitrogens with one attached hydrogen (secondary N) is 1. The molecule has 0 radical (unpaired) electrons. The van der Waals surface area contributed by atoms with Crippen molar-refractivity contribution < 1.29 is 4.74 Å². The van der Waals surface area contributed by atoms with Crippen LogP contribution >= 0.6 is 23.4 Å². The first kappa shape index (κ1) is 12.0. The van der Waals surface area contributed by atoms with Crippen LogP contribution in [0, 0.1) is 0 Å². The molecule has 0 saturated heterocycles. The number of rotatable bonds is 3. The van der Waals surface area contributed by atoms with E-state index in [-0.39, 0.29) is 10.6 Å². The van der Waals surface area contributed by atoms with E-state index < -0.39 is 0 Å². The molecule has 0 aliphatic rings. The lowest BCUT2D eigenvalue weighted by molar-refractivity contribution is 0.413. The van der Waals surface area contributed by atoms with Gasteiger partial charge >= 0.3 is 0 Å². The second-order valence-electron chi connectivity index (χ2n) is 3.13. The Kier molecular flexibility index (Phi) is 3.71. The van der Waals surface area contributed by atoms with Gasteiger partial charge < -0.3 is 9.72 Å². The molecule has 0 spiro atoms. The lowest BCUT2D eigenvalue weighted by Gasteiger charge is -2.04. The van der Waals surface area contributed by atoms with Crippen LogP contribution in [0.1, 0.15) is 0 Å². The Morgan fingerprint density at radius 2 is 2.29 bits per heavy atom. The highest BCUT2D eigenvalue weighted by Crippen LogP contribution is 2.31. The maximum atomic E-state index is 11.3. The topological polar surface area (TPSA) is 55.0 Å². The summed E-state index contributed by atoms with van der Waals surface area (Å²) >= 11 is 7.17. The number of hydrogen-bond donors (Lipinski definition) is 1. The number of hydrogen-bond acceptors (Lipinski definition) is 4. The molecule has 1 N–H and O–H groups in total. The molecule has 0 aliphatic heterocycles. The number of ether oxygens (including phenoxy) is 1. The molecule has 2 aromatic rings. The van der Waals surface area contributed by atoms with Crippen molar-refractivity contribution in [2.75, 3.05) is 7.11 Å². The second-order valence-corrected chi connectivity index (χ2v) is 4.57. The van der Waals surface area contributed by atoms with Crippen LogP contribution in [0.2, 0.25) is 5.02 Å². The lowest BCUT2D eigenvalue weighted by Crippen LogP contribution is -2.07. The number of aromatic nitrogens is 2. The Bertz CT molecular complexity index is 586. The van der Waals surface area contributed by atoms with Crippen molar-refractivity contribution >= 4 is 23.4 Å². The first-order chi connectivity index (χ1) is 8.20. The van der Waals surface area contributed by atoms with E-state index in [2.05, 4.69) is 9.97 Å². The zero-order chi connectivity index (χ0) is 12.3. The molecule has 88 valence electrons. The maximum absolute atomic E-state index is 11.3. The predicted octanol–water partition coefficient (Wildman–Crippen LogP) is 2.58. The van der Waals surface area contributed by atoms with Crippen LogP contribution in [-0.2, 0) is 0 Å². The third-order valence-electron chi connectivity index (χ3n) is 2.02. The zero-order valence-electron chi connectivity index (χ0n) is 8.94. The number of methoxy groups -OCH3 is 1. The van der Waals surface area contributed by atoms with Gasteiger partial charge in [-0.15, -0.1) is 0 Å². The Balaban J connectivity index is 2.31. The third-order valence-corrected chi connectivity index (χ3v) is 3.48. The highest BCUT2D eigenvalue weighted by molar-refractivity contribution is 7.99. The molecule has 0 bridgehead atoms. The Morgan fingerprint density at radius 1 is 1.47 bits per heavy atom. The Morgan fingerprint density at radius 3 is 3.06 bits per heavy atom. The number of H-pyrrole nitrogens is 1. The Hall–Kier alpha value is -1.46. The fourth-order valence-corrected chi connectivity index (χ4v) is 2.27. The molecular weight excluding hydrogens is 260 g/mol. The second kappa shape index (κ2) is 5.25. The quantitative estimate of drug-likeness (QED) is 0.870. The smallest absolute Gasteiger partial charge is 0.270 e. The van der Waals surface area contributed by atoms with Crippen LogP contribution in [0.25, 0.3) is 0 Å². The molecule has 1 aromatic heterocycles. The third kappa shape index (κ3) is 2.81. The highest BCUT2D eigenvalue weighted by Gasteiger charge is 2.08. The summed E-state index contributed by atoms with van der Waals surface area (Å²) in [5.41, 5.74) is -0.341. The van der Waals surface area contributed by atoms with Gasteiger partial charge in [0.05, 0.1) is 13.4 Å². The summed E-state index contributed by atoms with van der Waals surface area (Å²) in [5, 5.41) is 0.573. The summed E-state index contributed by atoms with van der Waals surface area (Å²) in [4.78, 5) is 18.6. The average Bonchev–Trinajstić information content (AvgIpc) is 2.35. The zero-order valence-corrected chi connectivity index (χ0v) is 10.5. The molecule has 0 atom stereocenters. The lowest BCUT2D eigenvalue weighted by atomic mass is 10.3. The summed E-state index contributed by atoms with van der Waals surface area (Å²) in [7, 11) is 1.60. The van der Waals surface area contributed by atoms with Crippen molar-refractivity contribution in [3.05, 3.63) is 46.0 Å². The fraction of sp³-hybridized carbons (Fsp3) is 0.0909. The summed E-state index contributed by atoms with van der Waals surface area (Å²) in [6.45, 7) is 0. The summed E-state index contributed by atoms with van der Waals surface area (Å²) < 4.78 is 5.11. The minimum atomic E-state index is -0.341. The van der Waals surface area contributed by atoms with Crippen molar-refractivity contribution in [1.29, 1.82) is 0 Å². The molecule has 17 heavy (non-hydrogen) atoms. The van der Waals surface area contributed by atoms with Gasteiger partial charge in [0.1, 0.15) is 15.8 Å². The van der Waals surface area contributed by atoms with E-state index in [4.69, 9.17) is 16.3 Å². The Labute approximate surface area is 107 Å². The number of aromatic amines is 1. The van der Waals surface area contributed by atoms with Crippen LogP contribution in [0.3, 0.4) is 0 Å². The number of benzene rings is 1. The minimum absolute atomic E-state index is 0.0975. The number of halogens is 1. The van der Waals surface area contributed by atoms with E-state index in [1.165, 1.54) is 18.1 Å². The van der Waals surface area contributed by atoms with Gasteiger partial charge in [-0.3, -0.25) is 4.79 Å². The summed E-state index contributed by atoms with van der Waals surface area (Å²) in [6.07, 6.45) is 1.33. The van der Waals surface area contributed by atoms with Gasteiger partial charge in [-0.1, -0.05) is 29.4 Å². The van der Waals surface area contributed by atoms with E-state index in [0.717, 1.165) is 10.6 Å². The van der Waals surface area contributed by atoms with Gasteiger partial charge in [0, 0.05) is 4.90 Å². The first-order valence-electron chi connectivity index (χ1n) is 4.76. The van der Waals surface area contributed by atoms with Gasteiger partial charge in [0.25, 0.3) is 5.56 Å². The molecule has 0 aliphatic carbocycles. The van der Waals surface area contributed by atoms with E-state index >= 15 is 0 Å². The van der Waals surface area contributed by atoms with Crippen LogP contribution in [0.4, 0.5) is 0 Å². The fourth-order valence-electron chi connectivity index (χ4n) is 1.21. The van der Waals surface area contributed by atoms with E-state index in [0.29, 0.717) is 5.03 Å². The van der Waals surface area contributed by atoms with Crippen molar-refractivity contribution in [1.82, 2.24) is 9.97 Å². The van der Waals surface area contributed by atoms with Crippen molar-refractivity contribution in [2.45, 2.75) is 9.92 Å². The standard InChI is InChI=1S/C11H9ClN2O2S/c1-16-7-3-2-4-8(5-7)17-11-9(12)10(15)13-6-14-11/h2-6H,1H3,(H,13,14,15). The van der Waals surface area contributed by atoms with Crippen molar-refractivity contribution in [3.63, 3.8) is 0 Å². The molecule has 6 heteroatoms. The van der Waals surface area contributed by atoms with Gasteiger partial charge in [0.15, 0.2) is 0 Å². The van der Waals surface area contributed by atoms with Crippen molar-refractivity contribution in [3.8, 4) is 5.75 Å². The SMILES string of the molecule is COc1cccc(Sc2nc[nH]c(=O)c2Cl)c1. The molecule has 0 fully saturated rings. The molecule has 1 heterocycles. The van der Waals surface area contributed by atoms with Crippen LogP contribution in [-0.4, -0.2) is 17.1 Å². The molecule has 4 nitrogen and oxygen atoms in total. The van der Waals surface area contributed by atoms with Gasteiger partial charge in [-0.2, -0.15) is 0 Å². The van der Waals surface area contributed by atoms with Crippen molar-refractivity contribution in [2.24, 2.45) is 0 Å². The molecule has 1 aromatic carbocycles. The largest absolute Gasteiger partial charge is 0.497 e. The van der Waals surface area contributed by atoms with Crippen LogP contribution in [0.15, 0.2) is 45.3 Å². The van der Waals surface area contributed by atoms with Gasteiger partial charge in [-0.25, -0.2) is 4.98 Å². The van der Waals surface area contributed by atoms with Crippen LogP contribution < -0.4 is 10.3 Å². The average molecular weight is 269 g/mol. The van der Waals surface area contributed by atoms with Gasteiger partial charge in [0.2, 0.25) is 0 Å². The highest BCUT2D eigenvalue weighted by atomic mass is 35.5. The maximum Gasteiger partial charge on any atom is 0.270 e. The summed E-state index contributed by atoms with van der Waals surface area (Å²) in [5.74, 6) is 0.746. The first-order valence-corrected chi connectivity index (χ1v) is 5.95. The molecule has 0 saturated carbocycles. The minimum Gasteiger partial charge on any atom is -0.497 e. The van der Waals surface area contributed by atoms with E-state index in [1.54, 1.807) is 7.11 Å². The van der Waals surface area contributed by atoms with Crippen LogP contribution in [0.5, 0.6) is 5.75 Å². The van der Waals surface area contributed by atoms with E-state index in [9.17, 15) is 4.79 Å². The molecule has 0 unspecified atom stereocenters. The number of nitrogens with zero attached hydrogens (tertiary/aromatic N) is 1. The molecular formula is C11H9ClN2O2S. The molecule has 0 amide bonds. The summed E-state index contributed by atoms with van der Waals surface area (Å²) in [6, 6.07) is 7.45.